The molecule has 1 heterocycles. The molecule has 3 atom stereocenters. The van der Waals surface area contributed by atoms with E-state index >= 15 is 0 Å². The Hall–Kier alpha value is -1.14. The first-order valence-corrected chi connectivity index (χ1v) is 7.77. The average molecular weight is 267 g/mol. The molecule has 0 radical (unpaired) electrons. The fraction of sp³-hybridized carbons (Fsp3) is 0.583. The highest BCUT2D eigenvalue weighted by Crippen LogP contribution is 2.44. The Kier molecular flexibility index (Phi) is 2.79. The molecule has 3 N–H and O–H groups in total. The summed E-state index contributed by atoms with van der Waals surface area (Å²) < 4.78 is 27.3. The van der Waals surface area contributed by atoms with Crippen LogP contribution in [-0.2, 0) is 10.0 Å². The Morgan fingerprint density at radius 3 is 2.78 bits per heavy atom. The van der Waals surface area contributed by atoms with E-state index in [1.54, 1.807) is 0 Å². The summed E-state index contributed by atoms with van der Waals surface area (Å²) in [5.41, 5.74) is 5.52. The Morgan fingerprint density at radius 2 is 2.17 bits per heavy atom. The van der Waals surface area contributed by atoms with Gasteiger partial charge in [0.15, 0.2) is 0 Å². The standard InChI is InChI=1S/C12H17N3O2S/c13-12-7-10(3-4-14-12)18(16,17)15-11-6-8-1-2-9(11)5-8/h3-4,7-9,11,15H,1-2,5-6H2,(H2,13,14). The maximum Gasteiger partial charge on any atom is 0.241 e. The number of nitrogens with one attached hydrogen (secondary N) is 1. The molecular formula is C12H17N3O2S. The van der Waals surface area contributed by atoms with E-state index in [1.165, 1.54) is 31.2 Å². The van der Waals surface area contributed by atoms with Gasteiger partial charge < -0.3 is 5.73 Å². The first-order chi connectivity index (χ1) is 8.54. The zero-order valence-electron chi connectivity index (χ0n) is 10.0. The van der Waals surface area contributed by atoms with Gasteiger partial charge in [-0.1, -0.05) is 6.42 Å². The Morgan fingerprint density at radius 1 is 1.33 bits per heavy atom. The predicted molar refractivity (Wildman–Crippen MR) is 68.2 cm³/mol. The molecule has 0 saturated heterocycles. The summed E-state index contributed by atoms with van der Waals surface area (Å²) >= 11 is 0. The Bertz CT molecular complexity index is 558. The first-order valence-electron chi connectivity index (χ1n) is 6.28. The van der Waals surface area contributed by atoms with E-state index in [1.807, 2.05) is 0 Å². The van der Waals surface area contributed by atoms with Crippen molar-refractivity contribution < 1.29 is 8.42 Å². The zero-order valence-corrected chi connectivity index (χ0v) is 10.9. The van der Waals surface area contributed by atoms with E-state index in [2.05, 4.69) is 9.71 Å². The number of sulfonamides is 1. The molecule has 2 saturated carbocycles. The SMILES string of the molecule is Nc1cc(S(=O)(=O)NC2CC3CCC2C3)ccn1. The molecule has 3 unspecified atom stereocenters. The third-order valence-electron chi connectivity index (χ3n) is 4.11. The van der Waals surface area contributed by atoms with Gasteiger partial charge in [-0.3, -0.25) is 0 Å². The Labute approximate surface area is 107 Å². The molecule has 0 aromatic carbocycles. The fourth-order valence-electron chi connectivity index (χ4n) is 3.25. The minimum absolute atomic E-state index is 0.100. The number of anilines is 1. The molecule has 6 heteroatoms. The summed E-state index contributed by atoms with van der Waals surface area (Å²) in [5, 5.41) is 0. The summed E-state index contributed by atoms with van der Waals surface area (Å²) in [6, 6.07) is 2.98. The van der Waals surface area contributed by atoms with Crippen molar-refractivity contribution in [2.45, 2.75) is 36.6 Å². The number of hydrogen-bond acceptors (Lipinski definition) is 4. The number of nitrogen functional groups attached to an aromatic ring is 1. The normalized spacial score (nSPS) is 30.8. The predicted octanol–water partition coefficient (Wildman–Crippen LogP) is 1.13. The van der Waals surface area contributed by atoms with Gasteiger partial charge in [0.05, 0.1) is 4.90 Å². The van der Waals surface area contributed by atoms with Gasteiger partial charge in [-0.2, -0.15) is 0 Å². The van der Waals surface area contributed by atoms with E-state index in [9.17, 15) is 8.42 Å². The minimum atomic E-state index is -3.46. The van der Waals surface area contributed by atoms with Gasteiger partial charge in [0.1, 0.15) is 5.82 Å². The number of pyridine rings is 1. The molecule has 2 aliphatic rings. The van der Waals surface area contributed by atoms with Gasteiger partial charge in [0.25, 0.3) is 0 Å². The zero-order chi connectivity index (χ0) is 12.8. The second-order valence-corrected chi connectivity index (χ2v) is 7.03. The van der Waals surface area contributed by atoms with E-state index in [-0.39, 0.29) is 16.8 Å². The van der Waals surface area contributed by atoms with E-state index < -0.39 is 10.0 Å². The second kappa shape index (κ2) is 4.20. The summed E-state index contributed by atoms with van der Waals surface area (Å²) in [5.74, 6) is 1.46. The third-order valence-corrected chi connectivity index (χ3v) is 5.60. The highest BCUT2D eigenvalue weighted by atomic mass is 32.2. The van der Waals surface area contributed by atoms with Crippen LogP contribution in [0.2, 0.25) is 0 Å². The van der Waals surface area contributed by atoms with Crippen LogP contribution in [0.15, 0.2) is 23.2 Å². The van der Waals surface area contributed by atoms with Crippen LogP contribution in [0.5, 0.6) is 0 Å². The number of nitrogens with two attached hydrogens (primary N) is 1. The molecule has 0 aliphatic heterocycles. The van der Waals surface area contributed by atoms with Crippen molar-refractivity contribution in [3.8, 4) is 0 Å². The maximum absolute atomic E-state index is 12.2. The molecule has 5 nitrogen and oxygen atoms in total. The number of aromatic nitrogens is 1. The van der Waals surface area contributed by atoms with Crippen LogP contribution in [-0.4, -0.2) is 19.4 Å². The lowest BCUT2D eigenvalue weighted by atomic mass is 9.96. The highest BCUT2D eigenvalue weighted by Gasteiger charge is 2.41. The van der Waals surface area contributed by atoms with Crippen LogP contribution < -0.4 is 10.5 Å². The third kappa shape index (κ3) is 2.10. The summed E-state index contributed by atoms with van der Waals surface area (Å²) in [7, 11) is -3.46. The number of hydrogen-bond donors (Lipinski definition) is 2. The molecule has 0 amide bonds. The van der Waals surface area contributed by atoms with Gasteiger partial charge in [-0.15, -0.1) is 0 Å². The molecule has 1 aromatic rings. The molecule has 1 aromatic heterocycles. The largest absolute Gasteiger partial charge is 0.384 e. The second-order valence-electron chi connectivity index (χ2n) is 5.32. The molecule has 2 bridgehead atoms. The number of nitrogens with zero attached hydrogens (tertiary/aromatic N) is 1. The quantitative estimate of drug-likeness (QED) is 0.859. The fourth-order valence-corrected chi connectivity index (χ4v) is 4.59. The van der Waals surface area contributed by atoms with Crippen molar-refractivity contribution in [2.24, 2.45) is 11.8 Å². The first kappa shape index (κ1) is 11.9. The van der Waals surface area contributed by atoms with Crippen LogP contribution in [0, 0.1) is 11.8 Å². The van der Waals surface area contributed by atoms with Gasteiger partial charge in [-0.25, -0.2) is 18.1 Å². The molecular weight excluding hydrogens is 250 g/mol. The molecule has 3 rings (SSSR count). The van der Waals surface area contributed by atoms with Crippen molar-refractivity contribution in [1.82, 2.24) is 9.71 Å². The van der Waals surface area contributed by atoms with Crippen LogP contribution in [0.3, 0.4) is 0 Å². The van der Waals surface area contributed by atoms with Crippen molar-refractivity contribution in [1.29, 1.82) is 0 Å². The number of rotatable bonds is 3. The van der Waals surface area contributed by atoms with Gasteiger partial charge in [0.2, 0.25) is 10.0 Å². The summed E-state index contributed by atoms with van der Waals surface area (Å²) in [6.45, 7) is 0. The smallest absolute Gasteiger partial charge is 0.241 e. The van der Waals surface area contributed by atoms with Crippen LogP contribution in [0.25, 0.3) is 0 Å². The molecule has 2 aliphatic carbocycles. The lowest BCUT2D eigenvalue weighted by molar-refractivity contribution is 0.390. The average Bonchev–Trinajstić information content (AvgIpc) is 2.90. The van der Waals surface area contributed by atoms with Gasteiger partial charge >= 0.3 is 0 Å². The topological polar surface area (TPSA) is 85.1 Å². The van der Waals surface area contributed by atoms with Crippen LogP contribution in [0.1, 0.15) is 25.7 Å². The number of fused-ring (bicyclic) bond motifs is 2. The molecule has 98 valence electrons. The summed E-state index contributed by atoms with van der Waals surface area (Å²) in [4.78, 5) is 4.02. The van der Waals surface area contributed by atoms with E-state index in [0.717, 1.165) is 12.8 Å². The Balaban J connectivity index is 1.79. The highest BCUT2D eigenvalue weighted by molar-refractivity contribution is 7.89. The van der Waals surface area contributed by atoms with Crippen LogP contribution in [0.4, 0.5) is 5.82 Å². The molecule has 0 spiro atoms. The van der Waals surface area contributed by atoms with Crippen LogP contribution >= 0.6 is 0 Å². The monoisotopic (exact) mass is 267 g/mol. The lowest BCUT2D eigenvalue weighted by Gasteiger charge is -2.22. The van der Waals surface area contributed by atoms with E-state index in [4.69, 9.17) is 5.73 Å². The summed E-state index contributed by atoms with van der Waals surface area (Å²) in [6.07, 6.45) is 5.97. The van der Waals surface area contributed by atoms with Crippen molar-refractivity contribution in [3.63, 3.8) is 0 Å². The van der Waals surface area contributed by atoms with E-state index in [0.29, 0.717) is 11.8 Å². The van der Waals surface area contributed by atoms with Gasteiger partial charge in [-0.05, 0) is 37.2 Å². The molecule has 18 heavy (non-hydrogen) atoms. The van der Waals surface area contributed by atoms with Crippen molar-refractivity contribution in [3.05, 3.63) is 18.3 Å². The van der Waals surface area contributed by atoms with Crippen molar-refractivity contribution in [2.75, 3.05) is 5.73 Å². The lowest BCUT2D eigenvalue weighted by Crippen LogP contribution is -2.38. The van der Waals surface area contributed by atoms with Crippen molar-refractivity contribution >= 4 is 15.8 Å². The minimum Gasteiger partial charge on any atom is -0.384 e. The molecule has 2 fully saturated rings. The maximum atomic E-state index is 12.2. The van der Waals surface area contributed by atoms with Gasteiger partial charge in [0, 0.05) is 18.3 Å².